The van der Waals surface area contributed by atoms with Gasteiger partial charge in [-0.3, -0.25) is 9.59 Å². The van der Waals surface area contributed by atoms with E-state index in [0.29, 0.717) is 27.0 Å². The number of rotatable bonds is 7. The van der Waals surface area contributed by atoms with Crippen LogP contribution in [-0.4, -0.2) is 27.4 Å². The van der Waals surface area contributed by atoms with Crippen molar-refractivity contribution in [1.29, 1.82) is 0 Å². The van der Waals surface area contributed by atoms with Crippen molar-refractivity contribution in [2.75, 3.05) is 17.3 Å². The van der Waals surface area contributed by atoms with Gasteiger partial charge in [0, 0.05) is 44.4 Å². The number of nitrogens with zero attached hydrogens (tertiary/aromatic N) is 1. The molecular weight excluding hydrogens is 595 g/mol. The molecule has 2 atom stereocenters. The summed E-state index contributed by atoms with van der Waals surface area (Å²) in [5, 5.41) is 7.46. The SMILES string of the molecule is O=C(Nc1ccc2c(ccn2CCF)c1)c1cc(NC(=O)C2C(c3cc(Cl)cc(Cl)c3)C2(Cl)Cl)ccc1Cl. The number of benzene rings is 3. The van der Waals surface area contributed by atoms with E-state index >= 15 is 0 Å². The Balaban J connectivity index is 1.31. The van der Waals surface area contributed by atoms with Crippen LogP contribution in [0.5, 0.6) is 0 Å². The predicted octanol–water partition coefficient (Wildman–Crippen LogP) is 8.35. The minimum Gasteiger partial charge on any atom is -0.345 e. The number of aromatic nitrogens is 1. The molecule has 196 valence electrons. The molecule has 1 aromatic heterocycles. The van der Waals surface area contributed by atoms with E-state index in [1.54, 1.807) is 47.2 Å². The molecule has 0 bridgehead atoms. The summed E-state index contributed by atoms with van der Waals surface area (Å²) >= 11 is 31.4. The molecule has 1 heterocycles. The highest BCUT2D eigenvalue weighted by Gasteiger charge is 2.67. The number of halogens is 6. The minimum absolute atomic E-state index is 0.163. The number of nitrogens with one attached hydrogen (secondary N) is 2. The van der Waals surface area contributed by atoms with E-state index in [9.17, 15) is 14.0 Å². The summed E-state index contributed by atoms with van der Waals surface area (Å²) in [6, 6.07) is 16.7. The number of amides is 2. The third-order valence-electron chi connectivity index (χ3n) is 6.41. The van der Waals surface area contributed by atoms with Gasteiger partial charge in [-0.05, 0) is 66.2 Å². The summed E-state index contributed by atoms with van der Waals surface area (Å²) in [6.07, 6.45) is 1.79. The van der Waals surface area contributed by atoms with Gasteiger partial charge in [0.2, 0.25) is 5.91 Å². The Morgan fingerprint density at radius 1 is 0.895 bits per heavy atom. The molecule has 2 N–H and O–H groups in total. The number of fused-ring (bicyclic) bond motifs is 1. The smallest absolute Gasteiger partial charge is 0.257 e. The van der Waals surface area contributed by atoms with Gasteiger partial charge in [0.15, 0.2) is 0 Å². The van der Waals surface area contributed by atoms with Gasteiger partial charge in [-0.25, -0.2) is 4.39 Å². The van der Waals surface area contributed by atoms with E-state index in [4.69, 9.17) is 58.0 Å². The van der Waals surface area contributed by atoms with Gasteiger partial charge in [0.25, 0.3) is 5.91 Å². The van der Waals surface area contributed by atoms with Crippen molar-refractivity contribution in [3.63, 3.8) is 0 Å². The zero-order valence-electron chi connectivity index (χ0n) is 19.5. The second-order valence-corrected chi connectivity index (χ2v) is 11.7. The topological polar surface area (TPSA) is 63.1 Å². The fourth-order valence-corrected chi connectivity index (χ4v) is 6.16. The molecular formula is C27H19Cl5FN3O2. The third kappa shape index (κ3) is 5.33. The van der Waals surface area contributed by atoms with Gasteiger partial charge in [0.05, 0.1) is 23.0 Å². The normalized spacial score (nSPS) is 17.8. The lowest BCUT2D eigenvalue weighted by Crippen LogP contribution is -2.18. The average Bonchev–Trinajstić information content (AvgIpc) is 3.22. The second kappa shape index (κ2) is 10.6. The van der Waals surface area contributed by atoms with E-state index in [0.717, 1.165) is 10.9 Å². The quantitative estimate of drug-likeness (QED) is 0.206. The first kappa shape index (κ1) is 27.1. The Bertz CT molecular complexity index is 1550. The number of carbonyl (C=O) groups is 2. The number of aryl methyl sites for hydroxylation is 1. The van der Waals surface area contributed by atoms with Crippen molar-refractivity contribution in [3.8, 4) is 0 Å². The number of hydrogen-bond donors (Lipinski definition) is 2. The summed E-state index contributed by atoms with van der Waals surface area (Å²) in [5.74, 6) is -2.15. The molecule has 5 nitrogen and oxygen atoms in total. The van der Waals surface area contributed by atoms with Crippen LogP contribution in [0.25, 0.3) is 10.9 Å². The predicted molar refractivity (Wildman–Crippen MR) is 153 cm³/mol. The summed E-state index contributed by atoms with van der Waals surface area (Å²) in [4.78, 5) is 26.1. The van der Waals surface area contributed by atoms with E-state index in [-0.39, 0.29) is 17.1 Å². The van der Waals surface area contributed by atoms with E-state index in [1.165, 1.54) is 12.1 Å². The van der Waals surface area contributed by atoms with Gasteiger partial charge >= 0.3 is 0 Å². The first-order valence-electron chi connectivity index (χ1n) is 11.5. The molecule has 1 aliphatic rings. The van der Waals surface area contributed by atoms with Crippen LogP contribution in [0.3, 0.4) is 0 Å². The van der Waals surface area contributed by atoms with E-state index in [1.807, 2.05) is 12.1 Å². The largest absolute Gasteiger partial charge is 0.345 e. The Hall–Kier alpha value is -2.48. The van der Waals surface area contributed by atoms with Crippen molar-refractivity contribution in [1.82, 2.24) is 4.57 Å². The molecule has 0 saturated heterocycles. The standard InChI is InChI=1S/C27H19Cl5FN3O2/c28-16-9-15(10-17(29)12-16)23-24(27(23,31)32)26(38)35-19-1-3-21(30)20(13-19)25(37)34-18-2-4-22-14(11-18)5-7-36(22)8-6-33/h1-5,7,9-13,23-24H,6,8H2,(H,34,37)(H,35,38). The molecule has 0 radical (unpaired) electrons. The maximum Gasteiger partial charge on any atom is 0.257 e. The van der Waals surface area contributed by atoms with Gasteiger partial charge in [0.1, 0.15) is 11.0 Å². The molecule has 1 saturated carbocycles. The highest BCUT2D eigenvalue weighted by Crippen LogP contribution is 2.65. The molecule has 38 heavy (non-hydrogen) atoms. The zero-order valence-corrected chi connectivity index (χ0v) is 23.2. The Kier molecular flexibility index (Phi) is 7.55. The summed E-state index contributed by atoms with van der Waals surface area (Å²) in [7, 11) is 0. The monoisotopic (exact) mass is 611 g/mol. The summed E-state index contributed by atoms with van der Waals surface area (Å²) in [5.41, 5.74) is 2.57. The first-order valence-corrected chi connectivity index (χ1v) is 13.4. The fourth-order valence-electron chi connectivity index (χ4n) is 4.58. The zero-order chi connectivity index (χ0) is 27.2. The Morgan fingerprint density at radius 2 is 1.58 bits per heavy atom. The van der Waals surface area contributed by atoms with Crippen LogP contribution in [0.15, 0.2) is 66.9 Å². The highest BCUT2D eigenvalue weighted by molar-refractivity contribution is 6.53. The van der Waals surface area contributed by atoms with Crippen LogP contribution in [-0.2, 0) is 11.3 Å². The van der Waals surface area contributed by atoms with Crippen molar-refractivity contribution >= 4 is 92.1 Å². The van der Waals surface area contributed by atoms with Gasteiger partial charge in [-0.2, -0.15) is 0 Å². The number of carbonyl (C=O) groups excluding carboxylic acids is 2. The molecule has 2 amide bonds. The highest BCUT2D eigenvalue weighted by atomic mass is 35.5. The maximum atomic E-state index is 13.1. The third-order valence-corrected chi connectivity index (χ3v) is 8.12. The van der Waals surface area contributed by atoms with Crippen molar-refractivity contribution in [3.05, 3.63) is 93.1 Å². The summed E-state index contributed by atoms with van der Waals surface area (Å²) in [6.45, 7) is -0.215. The Morgan fingerprint density at radius 3 is 2.29 bits per heavy atom. The van der Waals surface area contributed by atoms with Crippen LogP contribution >= 0.6 is 58.0 Å². The fraction of sp³-hybridized carbons (Fsp3) is 0.185. The van der Waals surface area contributed by atoms with Crippen molar-refractivity contribution in [2.45, 2.75) is 16.8 Å². The lowest BCUT2D eigenvalue weighted by atomic mass is 10.1. The molecule has 3 aromatic carbocycles. The molecule has 2 unspecified atom stereocenters. The Labute approximate surface area is 242 Å². The van der Waals surface area contributed by atoms with Crippen LogP contribution in [0.1, 0.15) is 21.8 Å². The molecule has 11 heteroatoms. The van der Waals surface area contributed by atoms with Gasteiger partial charge in [-0.1, -0.05) is 34.8 Å². The average molecular weight is 614 g/mol. The maximum absolute atomic E-state index is 13.1. The molecule has 5 rings (SSSR count). The number of anilines is 2. The summed E-state index contributed by atoms with van der Waals surface area (Å²) < 4.78 is 13.2. The minimum atomic E-state index is -1.34. The lowest BCUT2D eigenvalue weighted by Gasteiger charge is -2.11. The second-order valence-electron chi connectivity index (χ2n) is 8.94. The number of alkyl halides is 3. The molecule has 1 aliphatic carbocycles. The van der Waals surface area contributed by atoms with Crippen LogP contribution in [0.2, 0.25) is 15.1 Å². The van der Waals surface area contributed by atoms with Gasteiger partial charge < -0.3 is 15.2 Å². The van der Waals surface area contributed by atoms with Crippen LogP contribution in [0, 0.1) is 5.92 Å². The number of hydrogen-bond acceptors (Lipinski definition) is 2. The first-order chi connectivity index (χ1) is 18.1. The van der Waals surface area contributed by atoms with Gasteiger partial charge in [-0.15, -0.1) is 23.2 Å². The van der Waals surface area contributed by atoms with Crippen LogP contribution < -0.4 is 10.6 Å². The molecule has 1 fully saturated rings. The van der Waals surface area contributed by atoms with Crippen molar-refractivity contribution < 1.29 is 14.0 Å². The van der Waals surface area contributed by atoms with E-state index in [2.05, 4.69) is 10.6 Å². The van der Waals surface area contributed by atoms with E-state index < -0.39 is 34.7 Å². The molecule has 0 spiro atoms. The molecule has 4 aromatic rings. The molecule has 0 aliphatic heterocycles. The van der Waals surface area contributed by atoms with Crippen LogP contribution in [0.4, 0.5) is 15.8 Å². The van der Waals surface area contributed by atoms with Crippen molar-refractivity contribution in [2.24, 2.45) is 5.92 Å². The lowest BCUT2D eigenvalue weighted by molar-refractivity contribution is -0.117.